The second kappa shape index (κ2) is 7.02. The van der Waals surface area contributed by atoms with Crippen LogP contribution < -0.4 is 0 Å². The fourth-order valence-corrected chi connectivity index (χ4v) is 3.09. The van der Waals surface area contributed by atoms with Crippen LogP contribution in [0.1, 0.15) is 47.0 Å². The van der Waals surface area contributed by atoms with Gasteiger partial charge in [0.05, 0.1) is 0 Å². The third kappa shape index (κ3) is 4.05. The Balaban J connectivity index is 0.000000461. The molecule has 0 amide bonds. The van der Waals surface area contributed by atoms with Crippen LogP contribution in [0.5, 0.6) is 0 Å². The van der Waals surface area contributed by atoms with Crippen molar-refractivity contribution in [3.8, 4) is 0 Å². The first-order valence-corrected chi connectivity index (χ1v) is 6.01. The topological polar surface area (TPSA) is 0 Å². The first-order chi connectivity index (χ1) is 5.34. The molecule has 0 aromatic rings. The van der Waals surface area contributed by atoms with Crippen LogP contribution in [0.2, 0.25) is 0 Å². The third-order valence-electron chi connectivity index (χ3n) is 2.11. The summed E-state index contributed by atoms with van der Waals surface area (Å²) in [5.41, 5.74) is 0. The van der Waals surface area contributed by atoms with Gasteiger partial charge in [0.2, 0.25) is 0 Å². The summed E-state index contributed by atoms with van der Waals surface area (Å²) in [7, 11) is 0. The van der Waals surface area contributed by atoms with Crippen LogP contribution in [-0.4, -0.2) is 11.0 Å². The summed E-state index contributed by atoms with van der Waals surface area (Å²) in [4.78, 5) is 0. The van der Waals surface area contributed by atoms with Crippen LogP contribution >= 0.6 is 11.8 Å². The standard InChI is InChI=1S/C8H16S.C2H6/c1-3-4-8-7(2)5-6-9-8;1-2/h7-8H,3-6H2,1-2H3;1-2H3. The lowest BCUT2D eigenvalue weighted by Crippen LogP contribution is -2.06. The van der Waals surface area contributed by atoms with E-state index in [1.807, 2.05) is 13.8 Å². The first-order valence-electron chi connectivity index (χ1n) is 4.96. The largest absolute Gasteiger partial charge is 0.158 e. The molecular weight excluding hydrogens is 152 g/mol. The van der Waals surface area contributed by atoms with Crippen LogP contribution in [0.3, 0.4) is 0 Å². The molecule has 1 heteroatoms. The van der Waals surface area contributed by atoms with E-state index in [0.29, 0.717) is 0 Å². The molecule has 2 unspecified atom stereocenters. The molecule has 1 fully saturated rings. The molecule has 0 nitrogen and oxygen atoms in total. The fourth-order valence-electron chi connectivity index (χ4n) is 1.41. The molecule has 1 rings (SSSR count). The minimum atomic E-state index is 0.995. The maximum absolute atomic E-state index is 2.39. The highest BCUT2D eigenvalue weighted by Gasteiger charge is 2.22. The van der Waals surface area contributed by atoms with Crippen molar-refractivity contribution in [2.75, 3.05) is 5.75 Å². The van der Waals surface area contributed by atoms with E-state index in [2.05, 4.69) is 25.6 Å². The van der Waals surface area contributed by atoms with Crippen LogP contribution in [0, 0.1) is 5.92 Å². The molecule has 0 N–H and O–H groups in total. The zero-order valence-corrected chi connectivity index (χ0v) is 9.21. The molecule has 0 radical (unpaired) electrons. The first kappa shape index (κ1) is 11.4. The molecule has 1 heterocycles. The minimum Gasteiger partial charge on any atom is -0.158 e. The van der Waals surface area contributed by atoms with Crippen LogP contribution in [-0.2, 0) is 0 Å². The van der Waals surface area contributed by atoms with E-state index in [4.69, 9.17) is 0 Å². The third-order valence-corrected chi connectivity index (χ3v) is 3.71. The molecule has 1 aliphatic rings. The highest BCUT2D eigenvalue weighted by atomic mass is 32.2. The lowest BCUT2D eigenvalue weighted by molar-refractivity contribution is 0.535. The van der Waals surface area contributed by atoms with E-state index in [1.54, 1.807) is 0 Å². The maximum atomic E-state index is 2.39. The zero-order valence-electron chi connectivity index (χ0n) is 8.39. The van der Waals surface area contributed by atoms with Crippen molar-refractivity contribution < 1.29 is 0 Å². The SMILES string of the molecule is CC.CCCC1SCCC1C. The predicted molar refractivity (Wildman–Crippen MR) is 56.3 cm³/mol. The van der Waals surface area contributed by atoms with Crippen molar-refractivity contribution in [2.45, 2.75) is 52.2 Å². The molecule has 0 bridgehead atoms. The Kier molecular flexibility index (Phi) is 7.25. The summed E-state index contributed by atoms with van der Waals surface area (Å²) < 4.78 is 0. The van der Waals surface area contributed by atoms with Gasteiger partial charge in [0.25, 0.3) is 0 Å². The lowest BCUT2D eigenvalue weighted by atomic mass is 10.0. The number of hydrogen-bond donors (Lipinski definition) is 0. The van der Waals surface area contributed by atoms with Gasteiger partial charge in [0.15, 0.2) is 0 Å². The average Bonchev–Trinajstić information content (AvgIpc) is 2.42. The minimum absolute atomic E-state index is 0.995. The summed E-state index contributed by atoms with van der Waals surface area (Å²) in [6.07, 6.45) is 4.25. The molecule has 1 saturated heterocycles. The molecule has 0 saturated carbocycles. The normalized spacial score (nSPS) is 29.5. The van der Waals surface area contributed by atoms with Crippen LogP contribution in [0.15, 0.2) is 0 Å². The highest BCUT2D eigenvalue weighted by molar-refractivity contribution is 8.00. The van der Waals surface area contributed by atoms with Gasteiger partial charge in [-0.2, -0.15) is 11.8 Å². The van der Waals surface area contributed by atoms with Crippen molar-refractivity contribution in [1.29, 1.82) is 0 Å². The smallest absolute Gasteiger partial charge is 0.00728 e. The van der Waals surface area contributed by atoms with Gasteiger partial charge in [-0.3, -0.25) is 0 Å². The monoisotopic (exact) mass is 174 g/mol. The highest BCUT2D eigenvalue weighted by Crippen LogP contribution is 2.34. The molecule has 0 aliphatic carbocycles. The van der Waals surface area contributed by atoms with Gasteiger partial charge in [-0.15, -0.1) is 0 Å². The van der Waals surface area contributed by atoms with E-state index in [1.165, 1.54) is 25.0 Å². The predicted octanol–water partition coefficient (Wildman–Crippen LogP) is 3.95. The van der Waals surface area contributed by atoms with Gasteiger partial charge in [0, 0.05) is 5.25 Å². The fraction of sp³-hybridized carbons (Fsp3) is 1.00. The van der Waals surface area contributed by atoms with E-state index in [-0.39, 0.29) is 0 Å². The Morgan fingerprint density at radius 2 is 2.00 bits per heavy atom. The quantitative estimate of drug-likeness (QED) is 0.611. The Bertz CT molecular complexity index is 80.9. The molecular formula is C10H22S. The van der Waals surface area contributed by atoms with Gasteiger partial charge in [-0.1, -0.05) is 34.1 Å². The summed E-state index contributed by atoms with van der Waals surface area (Å²) in [5, 5.41) is 0.995. The van der Waals surface area contributed by atoms with Crippen molar-refractivity contribution in [1.82, 2.24) is 0 Å². The van der Waals surface area contributed by atoms with E-state index in [9.17, 15) is 0 Å². The lowest BCUT2D eigenvalue weighted by Gasteiger charge is -2.11. The molecule has 0 aromatic heterocycles. The summed E-state index contributed by atoms with van der Waals surface area (Å²) >= 11 is 2.18. The molecule has 0 spiro atoms. The Morgan fingerprint density at radius 1 is 1.36 bits per heavy atom. The Labute approximate surface area is 76.1 Å². The summed E-state index contributed by atoms with van der Waals surface area (Å²) in [5.74, 6) is 2.40. The van der Waals surface area contributed by atoms with Crippen molar-refractivity contribution >= 4 is 11.8 Å². The average molecular weight is 174 g/mol. The van der Waals surface area contributed by atoms with Gasteiger partial charge < -0.3 is 0 Å². The van der Waals surface area contributed by atoms with E-state index < -0.39 is 0 Å². The molecule has 1 aliphatic heterocycles. The van der Waals surface area contributed by atoms with Crippen LogP contribution in [0.25, 0.3) is 0 Å². The number of thioether (sulfide) groups is 1. The van der Waals surface area contributed by atoms with Crippen molar-refractivity contribution in [3.05, 3.63) is 0 Å². The van der Waals surface area contributed by atoms with Crippen molar-refractivity contribution in [3.63, 3.8) is 0 Å². The van der Waals surface area contributed by atoms with Gasteiger partial charge in [-0.25, -0.2) is 0 Å². The van der Waals surface area contributed by atoms with Gasteiger partial charge in [0.1, 0.15) is 0 Å². The summed E-state index contributed by atoms with van der Waals surface area (Å²) in [6.45, 7) is 8.67. The number of rotatable bonds is 2. The van der Waals surface area contributed by atoms with Crippen LogP contribution in [0.4, 0.5) is 0 Å². The number of hydrogen-bond acceptors (Lipinski definition) is 1. The Morgan fingerprint density at radius 3 is 2.36 bits per heavy atom. The maximum Gasteiger partial charge on any atom is 0.00728 e. The second-order valence-electron chi connectivity index (χ2n) is 2.96. The Hall–Kier alpha value is 0.350. The van der Waals surface area contributed by atoms with E-state index in [0.717, 1.165) is 11.2 Å². The van der Waals surface area contributed by atoms with Gasteiger partial charge in [-0.05, 0) is 24.5 Å². The summed E-state index contributed by atoms with van der Waals surface area (Å²) in [6, 6.07) is 0. The molecule has 0 aromatic carbocycles. The zero-order chi connectivity index (χ0) is 8.69. The molecule has 11 heavy (non-hydrogen) atoms. The second-order valence-corrected chi connectivity index (χ2v) is 4.31. The van der Waals surface area contributed by atoms with Gasteiger partial charge >= 0.3 is 0 Å². The molecule has 68 valence electrons. The molecule has 2 atom stereocenters. The van der Waals surface area contributed by atoms with Crippen molar-refractivity contribution in [2.24, 2.45) is 5.92 Å². The van der Waals surface area contributed by atoms with E-state index >= 15 is 0 Å².